The van der Waals surface area contributed by atoms with E-state index in [0.717, 1.165) is 24.3 Å². The number of alkyl carbamates (subject to hydrolysis) is 1. The van der Waals surface area contributed by atoms with Crippen LogP contribution in [-0.2, 0) is 25.3 Å². The lowest BCUT2D eigenvalue weighted by Crippen LogP contribution is -2.48. The van der Waals surface area contributed by atoms with Crippen LogP contribution in [0.1, 0.15) is 31.9 Å². The Kier molecular flexibility index (Phi) is 11.1. The number of ether oxygens (including phenoxy) is 3. The predicted molar refractivity (Wildman–Crippen MR) is 152 cm³/mol. The summed E-state index contributed by atoms with van der Waals surface area (Å²) in [6.07, 6.45) is -7.34. The second-order valence-electron chi connectivity index (χ2n) is 11.1. The first-order chi connectivity index (χ1) is 21.8. The molecule has 3 N–H and O–H groups in total. The lowest BCUT2D eigenvalue weighted by Gasteiger charge is -2.34. The van der Waals surface area contributed by atoms with Crippen LogP contribution in [0.25, 0.3) is 0 Å². The highest BCUT2D eigenvalue weighted by Crippen LogP contribution is 2.39. The van der Waals surface area contributed by atoms with Gasteiger partial charge in [0.25, 0.3) is 24.2 Å². The number of hydrogen-bond donors (Lipinski definition) is 2. The summed E-state index contributed by atoms with van der Waals surface area (Å²) in [5, 5.41) is 23.8. The number of nitrogens with two attached hydrogens (primary N) is 1. The van der Waals surface area contributed by atoms with Crippen LogP contribution in [0.3, 0.4) is 0 Å². The van der Waals surface area contributed by atoms with E-state index < -0.39 is 92.8 Å². The summed E-state index contributed by atoms with van der Waals surface area (Å²) in [5.74, 6) is -2.66. The molecule has 2 atom stereocenters. The van der Waals surface area contributed by atoms with Crippen molar-refractivity contribution in [3.63, 3.8) is 0 Å². The van der Waals surface area contributed by atoms with Crippen molar-refractivity contribution < 1.29 is 55.2 Å². The van der Waals surface area contributed by atoms with Gasteiger partial charge >= 0.3 is 6.09 Å². The number of halogens is 6. The zero-order valence-electron chi connectivity index (χ0n) is 24.8. The predicted octanol–water partition coefficient (Wildman–Crippen LogP) is 4.73. The van der Waals surface area contributed by atoms with E-state index >= 15 is 0 Å². The van der Waals surface area contributed by atoms with Crippen LogP contribution in [0.5, 0.6) is 0 Å². The number of carbonyl (C=O) groups excluding carboxylic acids is 1. The van der Waals surface area contributed by atoms with Crippen LogP contribution in [0.2, 0.25) is 0 Å². The molecule has 2 unspecified atom stereocenters. The minimum atomic E-state index is -3.26. The Morgan fingerprint density at radius 3 is 1.74 bits per heavy atom. The third kappa shape index (κ3) is 8.50. The molecule has 256 valence electrons. The summed E-state index contributed by atoms with van der Waals surface area (Å²) >= 11 is 0. The molecular weight excluding hydrogens is 650 g/mol. The van der Waals surface area contributed by atoms with Crippen molar-refractivity contribution in [3.05, 3.63) is 79.4 Å². The van der Waals surface area contributed by atoms with E-state index in [9.17, 15) is 51.4 Å². The van der Waals surface area contributed by atoms with Crippen molar-refractivity contribution >= 4 is 29.1 Å². The molecule has 0 fully saturated rings. The molecule has 0 saturated heterocycles. The number of amidine groups is 2. The fourth-order valence-electron chi connectivity index (χ4n) is 4.38. The van der Waals surface area contributed by atoms with Crippen LogP contribution in [-0.4, -0.2) is 72.5 Å². The number of non-ortho nitro benzene ring substituents is 2. The smallest absolute Gasteiger partial charge is 0.413 e. The van der Waals surface area contributed by atoms with Gasteiger partial charge in [0.15, 0.2) is 11.1 Å². The first-order valence-electron chi connectivity index (χ1n) is 13.3. The number of benzene rings is 2. The van der Waals surface area contributed by atoms with Gasteiger partial charge in [-0.05, 0) is 32.9 Å². The summed E-state index contributed by atoms with van der Waals surface area (Å²) < 4.78 is 97.6. The summed E-state index contributed by atoms with van der Waals surface area (Å²) in [5.41, 5.74) is -2.77. The number of rotatable bonds is 6. The molecule has 2 aromatic rings. The van der Waals surface area contributed by atoms with Crippen molar-refractivity contribution in [2.75, 3.05) is 26.4 Å². The number of amides is 1. The van der Waals surface area contributed by atoms with Crippen LogP contribution in [0, 0.1) is 31.9 Å². The van der Waals surface area contributed by atoms with Crippen molar-refractivity contribution in [1.29, 1.82) is 0 Å². The standard InChI is InChI=1S/C16H18F3N3O5.C11H10F3N3O3/c1-15(2,3)27-14(23)20-12-7-26-8-16(21-12,13(18)19)10-6-9(22(24)25)4-5-11(10)17;12-8-2-1-6(17(18)19)3-7(8)11(10(13)14)5-20-4-9(15)16-11/h4-6,13H,7-8H2,1-3H3,(H,20,21,23);1-3,10H,4-5H2,(H2,15,16). The molecular formula is C27H28F6N6O8. The maximum absolute atomic E-state index is 14.2. The highest BCUT2D eigenvalue weighted by molar-refractivity contribution is 5.96. The van der Waals surface area contributed by atoms with Gasteiger partial charge in [0.05, 0.1) is 23.1 Å². The maximum Gasteiger partial charge on any atom is 0.413 e. The third-order valence-corrected chi connectivity index (χ3v) is 6.43. The molecule has 4 rings (SSSR count). The molecule has 0 aromatic heterocycles. The van der Waals surface area contributed by atoms with Gasteiger partial charge in [-0.2, -0.15) is 0 Å². The lowest BCUT2D eigenvalue weighted by atomic mass is 9.90. The Hall–Kier alpha value is -4.85. The summed E-state index contributed by atoms with van der Waals surface area (Å²) in [6.45, 7) is 3.02. The molecule has 2 aliphatic heterocycles. The monoisotopic (exact) mass is 678 g/mol. The van der Waals surface area contributed by atoms with E-state index in [0.29, 0.717) is 12.1 Å². The van der Waals surface area contributed by atoms with E-state index in [4.69, 9.17) is 19.9 Å². The molecule has 20 heteroatoms. The zero-order chi connectivity index (χ0) is 35.3. The largest absolute Gasteiger partial charge is 0.444 e. The van der Waals surface area contributed by atoms with Gasteiger partial charge in [-0.25, -0.2) is 36.1 Å². The number of hydrogen-bond acceptors (Lipinski definition) is 11. The second kappa shape index (κ2) is 14.3. The lowest BCUT2D eigenvalue weighted by molar-refractivity contribution is -0.385. The number of nitro groups is 2. The van der Waals surface area contributed by atoms with E-state index in [1.54, 1.807) is 20.8 Å². The highest BCUT2D eigenvalue weighted by atomic mass is 19.3. The van der Waals surface area contributed by atoms with E-state index in [-0.39, 0.29) is 24.9 Å². The van der Waals surface area contributed by atoms with Crippen molar-refractivity contribution in [3.8, 4) is 0 Å². The topological polar surface area (TPSA) is 194 Å². The van der Waals surface area contributed by atoms with Crippen LogP contribution in [0.4, 0.5) is 42.5 Å². The van der Waals surface area contributed by atoms with Gasteiger partial charge in [-0.3, -0.25) is 30.5 Å². The molecule has 47 heavy (non-hydrogen) atoms. The molecule has 0 aliphatic carbocycles. The first kappa shape index (κ1) is 36.6. The Balaban J connectivity index is 0.000000267. The fourth-order valence-corrected chi connectivity index (χ4v) is 4.38. The van der Waals surface area contributed by atoms with E-state index in [2.05, 4.69) is 15.3 Å². The number of alkyl halides is 4. The number of nitrogens with one attached hydrogen (secondary N) is 1. The average Bonchev–Trinajstić information content (AvgIpc) is 2.96. The Bertz CT molecular complexity index is 1590. The average molecular weight is 679 g/mol. The second-order valence-corrected chi connectivity index (χ2v) is 11.1. The molecule has 0 bridgehead atoms. The molecule has 0 saturated carbocycles. The Labute approximate surface area is 261 Å². The van der Waals surface area contributed by atoms with Gasteiger partial charge in [-0.1, -0.05) is 0 Å². The summed E-state index contributed by atoms with van der Waals surface area (Å²) in [6, 6.07) is 4.61. The maximum atomic E-state index is 14.2. The minimum Gasteiger partial charge on any atom is -0.444 e. The highest BCUT2D eigenvalue weighted by Gasteiger charge is 2.48. The summed E-state index contributed by atoms with van der Waals surface area (Å²) in [4.78, 5) is 39.2. The zero-order valence-corrected chi connectivity index (χ0v) is 24.8. The number of nitro benzene ring substituents is 2. The number of aliphatic imine (C=N–C) groups is 2. The SMILES string of the molecule is CC(C)(C)OC(=O)NC1=NC(c2cc([N+](=O)[O-])ccc2F)(C(F)F)COC1.NC1=NC(c2cc([N+](=O)[O-])ccc2F)(C(F)F)COC1. The first-order valence-corrected chi connectivity index (χ1v) is 13.3. The third-order valence-electron chi connectivity index (χ3n) is 6.43. The molecule has 2 heterocycles. The van der Waals surface area contributed by atoms with Crippen LogP contribution in [0.15, 0.2) is 46.4 Å². The number of nitrogens with zero attached hydrogens (tertiary/aromatic N) is 4. The van der Waals surface area contributed by atoms with Crippen LogP contribution >= 0.6 is 0 Å². The van der Waals surface area contributed by atoms with Gasteiger partial charge in [-0.15, -0.1) is 0 Å². The van der Waals surface area contributed by atoms with Gasteiger partial charge in [0, 0.05) is 35.4 Å². The van der Waals surface area contributed by atoms with E-state index in [1.807, 2.05) is 0 Å². The quantitative estimate of drug-likeness (QED) is 0.247. The Morgan fingerprint density at radius 1 is 0.894 bits per heavy atom. The molecule has 2 aromatic carbocycles. The summed E-state index contributed by atoms with van der Waals surface area (Å²) in [7, 11) is 0. The Morgan fingerprint density at radius 2 is 1.34 bits per heavy atom. The van der Waals surface area contributed by atoms with Gasteiger partial charge in [0.2, 0.25) is 0 Å². The van der Waals surface area contributed by atoms with Crippen molar-refractivity contribution in [2.45, 2.75) is 50.3 Å². The van der Waals surface area contributed by atoms with Crippen molar-refractivity contribution in [2.24, 2.45) is 15.7 Å². The van der Waals surface area contributed by atoms with Crippen molar-refractivity contribution in [1.82, 2.24) is 5.32 Å². The number of carbonyl (C=O) groups is 1. The normalized spacial score (nSPS) is 21.3. The fraction of sp³-hybridized carbons (Fsp3) is 0.444. The molecule has 14 nitrogen and oxygen atoms in total. The van der Waals surface area contributed by atoms with Gasteiger partial charge < -0.3 is 19.9 Å². The van der Waals surface area contributed by atoms with Crippen LogP contribution < -0.4 is 11.1 Å². The van der Waals surface area contributed by atoms with E-state index in [1.165, 1.54) is 0 Å². The van der Waals surface area contributed by atoms with Gasteiger partial charge in [0.1, 0.15) is 42.1 Å². The minimum absolute atomic E-state index is 0.148. The molecule has 0 spiro atoms. The molecule has 1 amide bonds. The molecule has 0 radical (unpaired) electrons. The molecule has 2 aliphatic rings.